The predicted octanol–water partition coefficient (Wildman–Crippen LogP) is 2.84. The first kappa shape index (κ1) is 13.9. The van der Waals surface area contributed by atoms with Crippen molar-refractivity contribution in [3.05, 3.63) is 0 Å². The van der Waals surface area contributed by atoms with Gasteiger partial charge in [0.2, 0.25) is 0 Å². The third-order valence-corrected chi connectivity index (χ3v) is 2.77. The van der Waals surface area contributed by atoms with E-state index >= 15 is 0 Å². The van der Waals surface area contributed by atoms with E-state index in [0.29, 0.717) is 12.5 Å². The van der Waals surface area contributed by atoms with Crippen LogP contribution in [0, 0.1) is 11.3 Å². The number of aliphatic hydroxyl groups is 1. The van der Waals surface area contributed by atoms with Crippen LogP contribution >= 0.6 is 0 Å². The van der Waals surface area contributed by atoms with E-state index in [2.05, 4.69) is 34.6 Å². The summed E-state index contributed by atoms with van der Waals surface area (Å²) in [6, 6.07) is 0. The predicted molar refractivity (Wildman–Crippen MR) is 60.3 cm³/mol. The second-order valence-electron chi connectivity index (χ2n) is 5.98. The molecular formula is C12H26O2. The van der Waals surface area contributed by atoms with Crippen LogP contribution in [0.15, 0.2) is 0 Å². The minimum absolute atomic E-state index is 0.182. The molecule has 0 amide bonds. The van der Waals surface area contributed by atoms with Gasteiger partial charge in [0.15, 0.2) is 0 Å². The summed E-state index contributed by atoms with van der Waals surface area (Å²) in [6.45, 7) is 14.8. The van der Waals surface area contributed by atoms with Gasteiger partial charge in [0.05, 0.1) is 18.3 Å². The van der Waals surface area contributed by atoms with Crippen LogP contribution in [0.3, 0.4) is 0 Å². The van der Waals surface area contributed by atoms with Crippen LogP contribution in [-0.2, 0) is 4.74 Å². The molecule has 86 valence electrons. The van der Waals surface area contributed by atoms with Crippen molar-refractivity contribution in [2.75, 3.05) is 6.61 Å². The first-order chi connectivity index (χ1) is 6.04. The molecule has 0 spiro atoms. The summed E-state index contributed by atoms with van der Waals surface area (Å²) in [5, 5.41) is 9.53. The first-order valence-electron chi connectivity index (χ1n) is 5.38. The third-order valence-electron chi connectivity index (χ3n) is 2.77. The average Bonchev–Trinajstić information content (AvgIpc) is 1.95. The molecule has 2 heteroatoms. The van der Waals surface area contributed by atoms with Crippen molar-refractivity contribution in [3.63, 3.8) is 0 Å². The summed E-state index contributed by atoms with van der Waals surface area (Å²) in [7, 11) is 0. The van der Waals surface area contributed by atoms with E-state index in [9.17, 15) is 5.11 Å². The highest BCUT2D eigenvalue weighted by atomic mass is 16.5. The smallest absolute Gasteiger partial charge is 0.0824 e. The summed E-state index contributed by atoms with van der Waals surface area (Å²) in [6.07, 6.45) is 0.182. The number of rotatable bonds is 4. The molecular weight excluding hydrogens is 176 g/mol. The Morgan fingerprint density at radius 2 is 1.50 bits per heavy atom. The van der Waals surface area contributed by atoms with Gasteiger partial charge >= 0.3 is 0 Å². The summed E-state index contributed by atoms with van der Waals surface area (Å²) in [5.41, 5.74) is -0.481. The largest absolute Gasteiger partial charge is 0.388 e. The monoisotopic (exact) mass is 202 g/mol. The lowest BCUT2D eigenvalue weighted by Gasteiger charge is -2.33. The lowest BCUT2D eigenvalue weighted by Crippen LogP contribution is -2.34. The Hall–Kier alpha value is -0.0800. The van der Waals surface area contributed by atoms with Gasteiger partial charge in [0.1, 0.15) is 0 Å². The molecule has 1 N–H and O–H groups in total. The van der Waals surface area contributed by atoms with Crippen molar-refractivity contribution in [2.45, 2.75) is 60.2 Å². The van der Waals surface area contributed by atoms with Crippen LogP contribution in [-0.4, -0.2) is 23.4 Å². The van der Waals surface area contributed by atoms with Crippen molar-refractivity contribution in [1.82, 2.24) is 0 Å². The molecule has 0 heterocycles. The number of hydrogen-bond acceptors (Lipinski definition) is 2. The average molecular weight is 202 g/mol. The van der Waals surface area contributed by atoms with Gasteiger partial charge in [-0.3, -0.25) is 0 Å². The van der Waals surface area contributed by atoms with Gasteiger partial charge in [-0.05, 0) is 32.1 Å². The molecule has 0 saturated carbocycles. The Bertz CT molecular complexity index is 162. The van der Waals surface area contributed by atoms with Gasteiger partial charge in [0.25, 0.3) is 0 Å². The van der Waals surface area contributed by atoms with Crippen molar-refractivity contribution in [1.29, 1.82) is 0 Å². The molecule has 0 fully saturated rings. The summed E-state index contributed by atoms with van der Waals surface area (Å²) < 4.78 is 5.64. The van der Waals surface area contributed by atoms with E-state index in [1.807, 2.05) is 0 Å². The Kier molecular flexibility index (Phi) is 4.60. The molecule has 0 aliphatic rings. The molecule has 0 aromatic heterocycles. The molecule has 0 aliphatic heterocycles. The third kappa shape index (κ3) is 5.61. The zero-order chi connectivity index (χ0) is 11.6. The van der Waals surface area contributed by atoms with Crippen LogP contribution in [0.5, 0.6) is 0 Å². The van der Waals surface area contributed by atoms with Crippen molar-refractivity contribution in [2.24, 2.45) is 11.3 Å². The minimum atomic E-state index is -0.730. The molecule has 0 aliphatic carbocycles. The normalized spacial score (nSPS) is 18.0. The van der Waals surface area contributed by atoms with Crippen LogP contribution in [0.1, 0.15) is 48.5 Å². The number of hydrogen-bond donors (Lipinski definition) is 1. The first-order valence-corrected chi connectivity index (χ1v) is 5.38. The molecule has 0 unspecified atom stereocenters. The van der Waals surface area contributed by atoms with Gasteiger partial charge in [-0.1, -0.05) is 27.7 Å². The van der Waals surface area contributed by atoms with E-state index in [-0.39, 0.29) is 11.5 Å². The molecule has 0 bridgehead atoms. The molecule has 0 rings (SSSR count). The van der Waals surface area contributed by atoms with Gasteiger partial charge in [-0.15, -0.1) is 0 Å². The van der Waals surface area contributed by atoms with Crippen molar-refractivity contribution >= 4 is 0 Å². The highest BCUT2D eigenvalue weighted by Gasteiger charge is 2.27. The van der Waals surface area contributed by atoms with Gasteiger partial charge in [-0.2, -0.15) is 0 Å². The standard InChI is InChI=1S/C12H26O2/c1-9(11(3,4)5)10(2)14-8-12(6,7)13/h9-10,13H,8H2,1-7H3/t9-,10-/m0/s1. The maximum Gasteiger partial charge on any atom is 0.0824 e. The van der Waals surface area contributed by atoms with Gasteiger partial charge in [0, 0.05) is 0 Å². The second kappa shape index (κ2) is 4.63. The van der Waals surface area contributed by atoms with E-state index in [1.165, 1.54) is 0 Å². The lowest BCUT2D eigenvalue weighted by atomic mass is 9.79. The van der Waals surface area contributed by atoms with Gasteiger partial charge in [-0.25, -0.2) is 0 Å². The quantitative estimate of drug-likeness (QED) is 0.759. The van der Waals surface area contributed by atoms with Crippen LogP contribution in [0.2, 0.25) is 0 Å². The summed E-state index contributed by atoms with van der Waals surface area (Å²) in [4.78, 5) is 0. The van der Waals surface area contributed by atoms with E-state index in [1.54, 1.807) is 13.8 Å². The highest BCUT2D eigenvalue weighted by Crippen LogP contribution is 2.29. The number of ether oxygens (including phenoxy) is 1. The van der Waals surface area contributed by atoms with Crippen LogP contribution in [0.25, 0.3) is 0 Å². The maximum atomic E-state index is 9.53. The topological polar surface area (TPSA) is 29.5 Å². The van der Waals surface area contributed by atoms with E-state index < -0.39 is 5.60 Å². The van der Waals surface area contributed by atoms with Crippen molar-refractivity contribution in [3.8, 4) is 0 Å². The fourth-order valence-corrected chi connectivity index (χ4v) is 1.18. The molecule has 0 aromatic carbocycles. The summed E-state index contributed by atoms with van der Waals surface area (Å²) >= 11 is 0. The molecule has 0 aromatic rings. The Morgan fingerprint density at radius 1 is 1.07 bits per heavy atom. The van der Waals surface area contributed by atoms with Gasteiger partial charge < -0.3 is 9.84 Å². The SMILES string of the molecule is C[C@H](OCC(C)(C)O)[C@H](C)C(C)(C)C. The lowest BCUT2D eigenvalue weighted by molar-refractivity contribution is -0.0762. The van der Waals surface area contributed by atoms with Crippen molar-refractivity contribution < 1.29 is 9.84 Å². The molecule has 2 atom stereocenters. The fraction of sp³-hybridized carbons (Fsp3) is 1.00. The zero-order valence-corrected chi connectivity index (χ0v) is 10.7. The maximum absolute atomic E-state index is 9.53. The van der Waals surface area contributed by atoms with Crippen LogP contribution in [0.4, 0.5) is 0 Å². The zero-order valence-electron chi connectivity index (χ0n) is 10.7. The Labute approximate surface area is 88.7 Å². The molecule has 14 heavy (non-hydrogen) atoms. The highest BCUT2D eigenvalue weighted by molar-refractivity contribution is 4.76. The molecule has 0 saturated heterocycles. The van der Waals surface area contributed by atoms with Crippen LogP contribution < -0.4 is 0 Å². The molecule has 0 radical (unpaired) electrons. The Morgan fingerprint density at radius 3 is 1.79 bits per heavy atom. The van der Waals surface area contributed by atoms with E-state index in [4.69, 9.17) is 4.74 Å². The van der Waals surface area contributed by atoms with E-state index in [0.717, 1.165) is 0 Å². The second-order valence-corrected chi connectivity index (χ2v) is 5.98. The Balaban J connectivity index is 4.03. The summed E-state index contributed by atoms with van der Waals surface area (Å²) in [5.74, 6) is 0.477. The molecule has 2 nitrogen and oxygen atoms in total. The fourth-order valence-electron chi connectivity index (χ4n) is 1.18. The minimum Gasteiger partial charge on any atom is -0.388 e.